The third-order valence-corrected chi connectivity index (χ3v) is 6.32. The van der Waals surface area contributed by atoms with Crippen molar-refractivity contribution >= 4 is 27.8 Å². The smallest absolute Gasteiger partial charge is 0.152 e. The van der Waals surface area contributed by atoms with Crippen LogP contribution in [-0.4, -0.2) is 0 Å². The fraction of sp³-hybridized carbons (Fsp3) is 0.241. The molecule has 0 aromatic heterocycles. The van der Waals surface area contributed by atoms with Gasteiger partial charge in [-0.3, -0.25) is 0 Å². The van der Waals surface area contributed by atoms with Crippen LogP contribution in [0.25, 0.3) is 10.8 Å². The first kappa shape index (κ1) is 19.7. The van der Waals surface area contributed by atoms with Crippen LogP contribution in [0, 0.1) is 20.8 Å². The van der Waals surface area contributed by atoms with E-state index in [4.69, 9.17) is 4.74 Å². The Morgan fingerprint density at radius 1 is 0.645 bits per heavy atom. The van der Waals surface area contributed by atoms with E-state index in [1.54, 1.807) is 0 Å². The van der Waals surface area contributed by atoms with Crippen LogP contribution in [0.5, 0.6) is 11.5 Å². The SMILES string of the molecule is Cc1cc(C(C)(C)C)cc(C)c1N1c2ccccc2Oc2cc(C)c3ccccc3c21. The summed E-state index contributed by atoms with van der Waals surface area (Å²) < 4.78 is 6.43. The molecule has 0 saturated carbocycles. The van der Waals surface area contributed by atoms with E-state index in [2.05, 4.69) is 107 Å². The minimum absolute atomic E-state index is 0.110. The van der Waals surface area contributed by atoms with Gasteiger partial charge in [0.25, 0.3) is 0 Å². The molecule has 0 aliphatic carbocycles. The van der Waals surface area contributed by atoms with Crippen LogP contribution < -0.4 is 9.64 Å². The highest BCUT2D eigenvalue weighted by Gasteiger charge is 2.30. The van der Waals surface area contributed by atoms with Crippen LogP contribution >= 0.6 is 0 Å². The summed E-state index contributed by atoms with van der Waals surface area (Å²) in [6, 6.07) is 23.8. The van der Waals surface area contributed by atoms with Crippen LogP contribution in [0.2, 0.25) is 0 Å². The number of rotatable bonds is 1. The van der Waals surface area contributed by atoms with Gasteiger partial charge in [-0.2, -0.15) is 0 Å². The maximum atomic E-state index is 6.43. The quantitative estimate of drug-likeness (QED) is 0.276. The van der Waals surface area contributed by atoms with Crippen LogP contribution in [0.4, 0.5) is 17.1 Å². The van der Waals surface area contributed by atoms with Crippen LogP contribution in [-0.2, 0) is 5.41 Å². The van der Waals surface area contributed by atoms with Crippen LogP contribution in [0.15, 0.2) is 66.7 Å². The van der Waals surface area contributed by atoms with Crippen molar-refractivity contribution in [1.29, 1.82) is 0 Å². The highest BCUT2D eigenvalue weighted by molar-refractivity contribution is 6.05. The van der Waals surface area contributed by atoms with Crippen molar-refractivity contribution in [3.63, 3.8) is 0 Å². The van der Waals surface area contributed by atoms with E-state index >= 15 is 0 Å². The van der Waals surface area contributed by atoms with Gasteiger partial charge in [-0.25, -0.2) is 0 Å². The van der Waals surface area contributed by atoms with E-state index in [0.29, 0.717) is 0 Å². The van der Waals surface area contributed by atoms with E-state index < -0.39 is 0 Å². The first-order chi connectivity index (χ1) is 14.8. The first-order valence-electron chi connectivity index (χ1n) is 11.0. The minimum atomic E-state index is 0.110. The highest BCUT2D eigenvalue weighted by atomic mass is 16.5. The second kappa shape index (κ2) is 6.88. The summed E-state index contributed by atoms with van der Waals surface area (Å²) in [5.74, 6) is 1.80. The van der Waals surface area contributed by atoms with Crippen LogP contribution in [0.1, 0.15) is 43.0 Å². The molecular weight excluding hydrogens is 378 g/mol. The number of fused-ring (bicyclic) bond motifs is 4. The van der Waals surface area contributed by atoms with Crippen molar-refractivity contribution in [2.24, 2.45) is 0 Å². The summed E-state index contributed by atoms with van der Waals surface area (Å²) in [4.78, 5) is 2.41. The molecule has 1 aliphatic rings. The Bertz CT molecular complexity index is 1300. The molecule has 0 unspecified atom stereocenters. The Kier molecular flexibility index (Phi) is 4.37. The zero-order valence-electron chi connectivity index (χ0n) is 19.2. The van der Waals surface area contributed by atoms with Gasteiger partial charge >= 0.3 is 0 Å². The Morgan fingerprint density at radius 3 is 1.94 bits per heavy atom. The third kappa shape index (κ3) is 3.09. The lowest BCUT2D eigenvalue weighted by Crippen LogP contribution is -2.20. The average molecular weight is 408 g/mol. The summed E-state index contributed by atoms with van der Waals surface area (Å²) in [5.41, 5.74) is 8.69. The van der Waals surface area contributed by atoms with Gasteiger partial charge in [-0.1, -0.05) is 69.3 Å². The number of ether oxygens (including phenoxy) is 1. The van der Waals surface area contributed by atoms with Gasteiger partial charge in [-0.15, -0.1) is 0 Å². The molecule has 0 spiro atoms. The normalized spacial score (nSPS) is 13.0. The van der Waals surface area contributed by atoms with Crippen molar-refractivity contribution in [2.75, 3.05) is 4.90 Å². The monoisotopic (exact) mass is 407 g/mol. The van der Waals surface area contributed by atoms with Gasteiger partial charge in [0.15, 0.2) is 11.5 Å². The second-order valence-electron chi connectivity index (χ2n) is 9.70. The zero-order chi connectivity index (χ0) is 21.9. The van der Waals surface area contributed by atoms with Gasteiger partial charge in [0, 0.05) is 5.39 Å². The lowest BCUT2D eigenvalue weighted by Gasteiger charge is -2.36. The molecule has 2 nitrogen and oxygen atoms in total. The van der Waals surface area contributed by atoms with Crippen LogP contribution in [0.3, 0.4) is 0 Å². The molecule has 31 heavy (non-hydrogen) atoms. The standard InChI is InChI=1S/C29H29NO/c1-18-17-26-28(23-12-8-7-11-22(18)23)30(24-13-9-10-14-25(24)31-26)27-19(2)15-21(16-20(27)3)29(4,5)6/h7-17H,1-6H3. The molecule has 1 aliphatic heterocycles. The largest absolute Gasteiger partial charge is 0.453 e. The predicted octanol–water partition coefficient (Wildman–Crippen LogP) is 8.64. The highest BCUT2D eigenvalue weighted by Crippen LogP contribution is 2.55. The molecule has 4 aromatic carbocycles. The predicted molar refractivity (Wildman–Crippen MR) is 132 cm³/mol. The van der Waals surface area contributed by atoms with Gasteiger partial charge in [-0.05, 0) is 72.0 Å². The molecule has 0 saturated heterocycles. The number of hydrogen-bond donors (Lipinski definition) is 0. The third-order valence-electron chi connectivity index (χ3n) is 6.32. The average Bonchev–Trinajstić information content (AvgIpc) is 2.72. The molecule has 0 amide bonds. The Morgan fingerprint density at radius 2 is 1.26 bits per heavy atom. The van der Waals surface area contributed by atoms with E-state index in [1.165, 1.54) is 38.7 Å². The van der Waals surface area contributed by atoms with Gasteiger partial charge in [0.1, 0.15) is 0 Å². The molecule has 5 rings (SSSR count). The van der Waals surface area contributed by atoms with Gasteiger partial charge < -0.3 is 9.64 Å². The molecule has 1 heterocycles. The Hall–Kier alpha value is -3.26. The maximum absolute atomic E-state index is 6.43. The number of hydrogen-bond acceptors (Lipinski definition) is 2. The minimum Gasteiger partial charge on any atom is -0.453 e. The zero-order valence-corrected chi connectivity index (χ0v) is 19.2. The summed E-state index contributed by atoms with van der Waals surface area (Å²) in [6.07, 6.45) is 0. The van der Waals surface area contributed by atoms with E-state index in [-0.39, 0.29) is 5.41 Å². The first-order valence-corrected chi connectivity index (χ1v) is 11.0. The van der Waals surface area contributed by atoms with Crippen molar-refractivity contribution < 1.29 is 4.74 Å². The fourth-order valence-electron chi connectivity index (χ4n) is 4.76. The summed E-state index contributed by atoms with van der Waals surface area (Å²) in [5, 5.41) is 2.47. The number of aryl methyl sites for hydroxylation is 3. The number of anilines is 3. The molecule has 0 bridgehead atoms. The van der Waals surface area contributed by atoms with Crippen molar-refractivity contribution in [1.82, 2.24) is 0 Å². The van der Waals surface area contributed by atoms with E-state index in [1.807, 2.05) is 6.07 Å². The number of nitrogens with zero attached hydrogens (tertiary/aromatic N) is 1. The molecule has 4 aromatic rings. The number of para-hydroxylation sites is 2. The van der Waals surface area contributed by atoms with Crippen molar-refractivity contribution in [3.8, 4) is 11.5 Å². The lowest BCUT2D eigenvalue weighted by molar-refractivity contribution is 0.477. The maximum Gasteiger partial charge on any atom is 0.152 e. The molecule has 2 heteroatoms. The van der Waals surface area contributed by atoms with Crippen molar-refractivity contribution in [3.05, 3.63) is 89.0 Å². The molecular formula is C29H29NO. The molecule has 0 atom stereocenters. The summed E-state index contributed by atoms with van der Waals surface area (Å²) in [6.45, 7) is 13.4. The second-order valence-corrected chi connectivity index (χ2v) is 9.70. The van der Waals surface area contributed by atoms with Gasteiger partial charge in [0.05, 0.1) is 17.1 Å². The summed E-state index contributed by atoms with van der Waals surface area (Å²) in [7, 11) is 0. The molecule has 0 radical (unpaired) electrons. The fourth-order valence-corrected chi connectivity index (χ4v) is 4.76. The number of benzene rings is 4. The van der Waals surface area contributed by atoms with Crippen molar-refractivity contribution in [2.45, 2.75) is 47.0 Å². The molecule has 0 fully saturated rings. The lowest BCUT2D eigenvalue weighted by atomic mass is 9.84. The van der Waals surface area contributed by atoms with E-state index in [0.717, 1.165) is 22.9 Å². The Balaban J connectivity index is 1.86. The molecule has 156 valence electrons. The molecule has 0 N–H and O–H groups in total. The van der Waals surface area contributed by atoms with E-state index in [9.17, 15) is 0 Å². The van der Waals surface area contributed by atoms with Gasteiger partial charge in [0.2, 0.25) is 0 Å². The summed E-state index contributed by atoms with van der Waals surface area (Å²) >= 11 is 0. The Labute approximate surface area is 185 Å². The topological polar surface area (TPSA) is 12.5 Å².